The first-order chi connectivity index (χ1) is 9.61. The zero-order valence-corrected chi connectivity index (χ0v) is 12.7. The number of nitrogens with two attached hydrogens (primary N) is 1. The van der Waals surface area contributed by atoms with Crippen molar-refractivity contribution in [2.45, 2.75) is 48.7 Å². The van der Waals surface area contributed by atoms with Crippen LogP contribution in [0.15, 0.2) is 0 Å². The van der Waals surface area contributed by atoms with Gasteiger partial charge in [-0.25, -0.2) is 8.42 Å². The normalized spacial score (nSPS) is 16.3. The summed E-state index contributed by atoms with van der Waals surface area (Å²) in [6.07, 6.45) is -14.0. The second kappa shape index (κ2) is 7.24. The van der Waals surface area contributed by atoms with Crippen molar-refractivity contribution >= 4 is 27.3 Å². The minimum atomic E-state index is -4.79. The average molecular weight is 378 g/mol. The number of halogens is 7. The van der Waals surface area contributed by atoms with Gasteiger partial charge in [0.05, 0.1) is 12.2 Å². The van der Waals surface area contributed by atoms with E-state index in [-0.39, 0.29) is 0 Å². The number of unbranched alkanes of at least 4 members (excludes halogenated alkanes) is 1. The van der Waals surface area contributed by atoms with Gasteiger partial charge in [0.25, 0.3) is 5.91 Å². The number of hydrogen-bond acceptors (Lipinski definition) is 3. The van der Waals surface area contributed by atoms with Crippen LogP contribution >= 0.6 is 11.6 Å². The molecule has 22 heavy (non-hydrogen) atoms. The van der Waals surface area contributed by atoms with E-state index < -0.39 is 70.2 Å². The number of sulfone groups is 1. The van der Waals surface area contributed by atoms with E-state index in [1.807, 2.05) is 0 Å². The molecule has 0 spiro atoms. The molecule has 0 saturated carbocycles. The van der Waals surface area contributed by atoms with E-state index in [9.17, 15) is 39.6 Å². The molecule has 12 heteroatoms. The van der Waals surface area contributed by atoms with Gasteiger partial charge < -0.3 is 5.73 Å². The van der Waals surface area contributed by atoms with E-state index in [4.69, 9.17) is 17.3 Å². The molecule has 0 aromatic heterocycles. The molecule has 0 aromatic rings. The molecule has 0 aromatic carbocycles. The zero-order chi connectivity index (χ0) is 17.8. The first-order valence-corrected chi connectivity index (χ1v) is 7.98. The molecule has 1 unspecified atom stereocenters. The summed E-state index contributed by atoms with van der Waals surface area (Å²) in [5.41, 5.74) is 4.81. The van der Waals surface area contributed by atoms with E-state index >= 15 is 0 Å². The van der Waals surface area contributed by atoms with Gasteiger partial charge in [-0.3, -0.25) is 4.79 Å². The fourth-order valence-electron chi connectivity index (χ4n) is 1.52. The summed E-state index contributed by atoms with van der Waals surface area (Å²) in [5, 5.41) is 0. The lowest BCUT2D eigenvalue weighted by molar-refractivity contribution is -0.135. The van der Waals surface area contributed by atoms with Gasteiger partial charge in [-0.05, 0) is 19.3 Å². The Morgan fingerprint density at radius 3 is 1.68 bits per heavy atom. The third-order valence-corrected chi connectivity index (χ3v) is 5.94. The molecule has 2 N–H and O–H groups in total. The van der Waals surface area contributed by atoms with Crippen molar-refractivity contribution < 1.29 is 39.6 Å². The summed E-state index contributed by atoms with van der Waals surface area (Å²) >= 11 is 5.53. The Balaban J connectivity index is 4.90. The molecule has 0 radical (unpaired) electrons. The highest BCUT2D eigenvalue weighted by Gasteiger charge is 2.48. The lowest BCUT2D eigenvalue weighted by Gasteiger charge is -2.24. The van der Waals surface area contributed by atoms with E-state index in [1.165, 1.54) is 0 Å². The van der Waals surface area contributed by atoms with Gasteiger partial charge in [0.15, 0.2) is 9.84 Å². The molecule has 0 fully saturated rings. The van der Waals surface area contributed by atoms with E-state index in [0.29, 0.717) is 0 Å². The molecule has 0 aliphatic carbocycles. The van der Waals surface area contributed by atoms with Crippen LogP contribution in [0.25, 0.3) is 0 Å². The molecule has 0 rings (SSSR count). The van der Waals surface area contributed by atoms with Crippen LogP contribution < -0.4 is 5.73 Å². The van der Waals surface area contributed by atoms with Gasteiger partial charge in [-0.1, -0.05) is 11.6 Å². The van der Waals surface area contributed by atoms with E-state index in [0.717, 1.165) is 0 Å². The largest absolute Gasteiger partial charge is 0.390 e. The standard InChI is InChI=1S/C10H14ClF6NO3S/c11-8(7(18)19,3-1-2-4-9(12,13)14)22(20,21)6-5-10(15,16)17/h1-6H2,(H2,18,19). The first kappa shape index (κ1) is 21.3. The van der Waals surface area contributed by atoms with Crippen molar-refractivity contribution in [2.24, 2.45) is 5.73 Å². The Labute approximate surface area is 127 Å². The quantitative estimate of drug-likeness (QED) is 0.401. The number of carbonyl (C=O) groups is 1. The van der Waals surface area contributed by atoms with E-state index in [2.05, 4.69) is 0 Å². The second-order valence-corrected chi connectivity index (χ2v) is 7.80. The van der Waals surface area contributed by atoms with Gasteiger partial charge in [0.2, 0.25) is 4.21 Å². The molecular weight excluding hydrogens is 364 g/mol. The van der Waals surface area contributed by atoms with Crippen LogP contribution in [0, 0.1) is 0 Å². The van der Waals surface area contributed by atoms with Crippen LogP contribution in [-0.2, 0) is 14.6 Å². The molecule has 0 saturated heterocycles. The smallest absolute Gasteiger partial charge is 0.367 e. The summed E-state index contributed by atoms with van der Waals surface area (Å²) in [4.78, 5) is 11.2. The Kier molecular flexibility index (Phi) is 7.01. The monoisotopic (exact) mass is 377 g/mol. The number of hydrogen-bond donors (Lipinski definition) is 1. The van der Waals surface area contributed by atoms with Crippen LogP contribution in [0.1, 0.15) is 32.1 Å². The number of primary amides is 1. The highest BCUT2D eigenvalue weighted by atomic mass is 35.5. The molecule has 0 aliphatic heterocycles. The SMILES string of the molecule is NC(=O)C(Cl)(CCCCC(F)(F)F)S(=O)(=O)CCC(F)(F)F. The highest BCUT2D eigenvalue weighted by Crippen LogP contribution is 2.33. The first-order valence-electron chi connectivity index (χ1n) is 5.95. The predicted molar refractivity (Wildman–Crippen MR) is 66.8 cm³/mol. The van der Waals surface area contributed by atoms with Crippen LogP contribution in [0.4, 0.5) is 26.3 Å². The van der Waals surface area contributed by atoms with Gasteiger partial charge >= 0.3 is 12.4 Å². The molecular formula is C10H14ClF6NO3S. The van der Waals surface area contributed by atoms with Crippen LogP contribution in [-0.4, -0.2) is 36.6 Å². The molecule has 1 amide bonds. The molecule has 4 nitrogen and oxygen atoms in total. The van der Waals surface area contributed by atoms with Crippen molar-refractivity contribution in [1.29, 1.82) is 0 Å². The zero-order valence-electron chi connectivity index (χ0n) is 11.1. The summed E-state index contributed by atoms with van der Waals surface area (Å²) < 4.78 is 92.8. The summed E-state index contributed by atoms with van der Waals surface area (Å²) in [5.74, 6) is -3.08. The maximum Gasteiger partial charge on any atom is 0.390 e. The predicted octanol–water partition coefficient (Wildman–Crippen LogP) is 2.90. The number of amides is 1. The number of rotatable bonds is 8. The van der Waals surface area contributed by atoms with Gasteiger partial charge in [-0.15, -0.1) is 0 Å². The number of alkyl halides is 7. The Morgan fingerprint density at radius 1 is 0.909 bits per heavy atom. The van der Waals surface area contributed by atoms with Crippen molar-refractivity contribution in [2.75, 3.05) is 5.75 Å². The summed E-state index contributed by atoms with van der Waals surface area (Å²) in [6, 6.07) is 0. The maximum atomic E-state index is 12.1. The third-order valence-electron chi connectivity index (χ3n) is 2.72. The molecule has 0 aliphatic rings. The summed E-state index contributed by atoms with van der Waals surface area (Å²) in [6.45, 7) is 0. The number of carbonyl (C=O) groups excluding carboxylic acids is 1. The van der Waals surface area contributed by atoms with Crippen molar-refractivity contribution in [3.63, 3.8) is 0 Å². The lowest BCUT2D eigenvalue weighted by atomic mass is 10.1. The van der Waals surface area contributed by atoms with Gasteiger partial charge in [0.1, 0.15) is 0 Å². The minimum Gasteiger partial charge on any atom is -0.367 e. The molecule has 1 atom stereocenters. The Bertz CT molecular complexity index is 490. The second-order valence-electron chi connectivity index (χ2n) is 4.60. The lowest BCUT2D eigenvalue weighted by Crippen LogP contribution is -2.47. The minimum absolute atomic E-state index is 0.433. The van der Waals surface area contributed by atoms with Crippen LogP contribution in [0.2, 0.25) is 0 Å². The van der Waals surface area contributed by atoms with Crippen molar-refractivity contribution in [1.82, 2.24) is 0 Å². The third kappa shape index (κ3) is 7.03. The van der Waals surface area contributed by atoms with Crippen LogP contribution in [0.3, 0.4) is 0 Å². The fraction of sp³-hybridized carbons (Fsp3) is 0.900. The van der Waals surface area contributed by atoms with E-state index in [1.54, 1.807) is 0 Å². The topological polar surface area (TPSA) is 77.2 Å². The fourth-order valence-corrected chi connectivity index (χ4v) is 3.47. The van der Waals surface area contributed by atoms with Crippen molar-refractivity contribution in [3.05, 3.63) is 0 Å². The van der Waals surface area contributed by atoms with Crippen molar-refractivity contribution in [3.8, 4) is 0 Å². The molecule has 132 valence electrons. The Morgan fingerprint density at radius 2 is 1.32 bits per heavy atom. The van der Waals surface area contributed by atoms with Gasteiger partial charge in [-0.2, -0.15) is 26.3 Å². The Hall–Kier alpha value is -0.710. The molecule has 0 bridgehead atoms. The average Bonchev–Trinajstić information content (AvgIpc) is 2.29. The summed E-state index contributed by atoms with van der Waals surface area (Å²) in [7, 11) is -4.78. The highest BCUT2D eigenvalue weighted by molar-refractivity contribution is 7.95. The van der Waals surface area contributed by atoms with Crippen LogP contribution in [0.5, 0.6) is 0 Å². The maximum absolute atomic E-state index is 12.1. The molecule has 0 heterocycles. The van der Waals surface area contributed by atoms with Gasteiger partial charge in [0, 0.05) is 6.42 Å².